The molecule has 0 N–H and O–H groups in total. The van der Waals surface area contributed by atoms with Crippen LogP contribution in [0, 0.1) is 11.3 Å². The van der Waals surface area contributed by atoms with Gasteiger partial charge in [-0.25, -0.2) is 4.99 Å². The first-order valence-corrected chi connectivity index (χ1v) is 5.05. The fourth-order valence-electron chi connectivity index (χ4n) is 1.18. The molecular weight excluding hydrogens is 230 g/mol. The highest BCUT2D eigenvalue weighted by molar-refractivity contribution is 5.97. The summed E-state index contributed by atoms with van der Waals surface area (Å²) >= 11 is 0. The highest BCUT2D eigenvalue weighted by Gasteiger charge is 2.06. The van der Waals surface area contributed by atoms with E-state index in [4.69, 9.17) is 10.00 Å². The van der Waals surface area contributed by atoms with Crippen LogP contribution in [0.4, 0.5) is 0 Å². The Bertz CT molecular complexity index is 533. The van der Waals surface area contributed by atoms with Crippen molar-refractivity contribution < 1.29 is 4.74 Å². The summed E-state index contributed by atoms with van der Waals surface area (Å²) in [6.45, 7) is 7.16. The molecule has 0 bridgehead atoms. The zero-order valence-corrected chi connectivity index (χ0v) is 10.1. The largest absolute Gasteiger partial charge is 0.480 e. The first-order valence-electron chi connectivity index (χ1n) is 5.05. The van der Waals surface area contributed by atoms with Crippen molar-refractivity contribution in [2.75, 3.05) is 7.11 Å². The summed E-state index contributed by atoms with van der Waals surface area (Å²) < 4.78 is 6.62. The van der Waals surface area contributed by atoms with E-state index in [2.05, 4.69) is 28.4 Å². The number of nitrogens with zero attached hydrogens (tertiary/aromatic N) is 5. The summed E-state index contributed by atoms with van der Waals surface area (Å²) in [6, 6.07) is 1.93. The molecule has 0 saturated carbocycles. The third-order valence-corrected chi connectivity index (χ3v) is 2.01. The van der Waals surface area contributed by atoms with Gasteiger partial charge in [0, 0.05) is 18.0 Å². The molecule has 1 rings (SSSR count). The summed E-state index contributed by atoms with van der Waals surface area (Å²) in [5.41, 5.74) is 1.11. The molecule has 0 unspecified atom stereocenters. The molecule has 0 aliphatic carbocycles. The van der Waals surface area contributed by atoms with Gasteiger partial charge >= 0.3 is 0 Å². The lowest BCUT2D eigenvalue weighted by molar-refractivity contribution is 0.398. The van der Waals surface area contributed by atoms with E-state index in [1.165, 1.54) is 13.3 Å². The highest BCUT2D eigenvalue weighted by Crippen LogP contribution is 2.02. The molecule has 0 spiro atoms. The number of rotatable bonds is 5. The molecule has 1 aromatic rings. The molecule has 0 radical (unpaired) electrons. The molecule has 0 saturated heterocycles. The predicted molar refractivity (Wildman–Crippen MR) is 70.0 cm³/mol. The van der Waals surface area contributed by atoms with Crippen LogP contribution < -0.4 is 0 Å². The van der Waals surface area contributed by atoms with E-state index in [-0.39, 0.29) is 18.1 Å². The first-order chi connectivity index (χ1) is 8.74. The van der Waals surface area contributed by atoms with Gasteiger partial charge in [-0.05, 0) is 6.72 Å². The van der Waals surface area contributed by atoms with Gasteiger partial charge < -0.3 is 4.74 Å². The standard InChI is InChI=1S/C12H13N5O/c1-4-10-6-16-17(8-10)9-15-12(18-3)11(5-13)7-14-2/h4,6-8H,1-2,9H2,3H3/b11-7-,15-12+. The van der Waals surface area contributed by atoms with E-state index in [9.17, 15) is 0 Å². The van der Waals surface area contributed by atoms with Crippen molar-refractivity contribution in [3.63, 3.8) is 0 Å². The maximum absolute atomic E-state index is 8.90. The summed E-state index contributed by atoms with van der Waals surface area (Å²) in [6.07, 6.45) is 6.43. The van der Waals surface area contributed by atoms with Crippen LogP contribution in [0.3, 0.4) is 0 Å². The van der Waals surface area contributed by atoms with Crippen molar-refractivity contribution in [2.45, 2.75) is 6.67 Å². The molecule has 0 aromatic carbocycles. The minimum absolute atomic E-state index is 0.195. The van der Waals surface area contributed by atoms with Crippen molar-refractivity contribution in [2.24, 2.45) is 9.98 Å². The smallest absolute Gasteiger partial charge is 0.230 e. The molecule has 0 amide bonds. The minimum atomic E-state index is 0.195. The second-order valence-electron chi connectivity index (χ2n) is 3.16. The Morgan fingerprint density at radius 2 is 2.50 bits per heavy atom. The van der Waals surface area contributed by atoms with Gasteiger partial charge in [0.1, 0.15) is 18.3 Å². The monoisotopic (exact) mass is 243 g/mol. The number of methoxy groups -OCH3 is 1. The van der Waals surface area contributed by atoms with Gasteiger partial charge in [-0.1, -0.05) is 12.7 Å². The fraction of sp³-hybridized carbons (Fsp3) is 0.167. The lowest BCUT2D eigenvalue weighted by Crippen LogP contribution is -2.07. The van der Waals surface area contributed by atoms with Crippen molar-refractivity contribution in [3.05, 3.63) is 36.3 Å². The molecule has 0 fully saturated rings. The number of aliphatic imine (C=N–C) groups is 2. The molecular formula is C12H13N5O. The van der Waals surface area contributed by atoms with Gasteiger partial charge in [0.2, 0.25) is 5.90 Å². The average Bonchev–Trinajstić information content (AvgIpc) is 2.86. The number of nitriles is 1. The number of hydrogen-bond donors (Lipinski definition) is 0. The molecule has 92 valence electrons. The Labute approximate surface area is 105 Å². The molecule has 6 heteroatoms. The van der Waals surface area contributed by atoms with Gasteiger partial charge in [-0.3, -0.25) is 9.67 Å². The van der Waals surface area contributed by atoms with E-state index in [0.717, 1.165) is 5.56 Å². The minimum Gasteiger partial charge on any atom is -0.480 e. The van der Waals surface area contributed by atoms with E-state index in [1.54, 1.807) is 23.2 Å². The van der Waals surface area contributed by atoms with Crippen molar-refractivity contribution in [3.8, 4) is 6.07 Å². The second kappa shape index (κ2) is 6.81. The quantitative estimate of drug-likeness (QED) is 0.448. The third-order valence-electron chi connectivity index (χ3n) is 2.01. The van der Waals surface area contributed by atoms with Crippen molar-refractivity contribution in [1.29, 1.82) is 5.26 Å². The second-order valence-corrected chi connectivity index (χ2v) is 3.16. The first kappa shape index (κ1) is 13.4. The molecule has 0 atom stereocenters. The fourth-order valence-corrected chi connectivity index (χ4v) is 1.18. The van der Waals surface area contributed by atoms with Crippen LogP contribution in [0.1, 0.15) is 5.56 Å². The molecule has 1 aromatic heterocycles. The van der Waals surface area contributed by atoms with E-state index in [1.807, 2.05) is 6.07 Å². The highest BCUT2D eigenvalue weighted by atomic mass is 16.5. The maximum Gasteiger partial charge on any atom is 0.230 e. The lowest BCUT2D eigenvalue weighted by atomic mass is 10.3. The molecule has 1 heterocycles. The summed E-state index contributed by atoms with van der Waals surface area (Å²) in [5.74, 6) is 0.195. The van der Waals surface area contributed by atoms with Gasteiger partial charge in [-0.15, -0.1) is 0 Å². The lowest BCUT2D eigenvalue weighted by Gasteiger charge is -2.02. The molecule has 0 aliphatic heterocycles. The zero-order chi connectivity index (χ0) is 13.4. The molecule has 6 nitrogen and oxygen atoms in total. The summed E-state index contributed by atoms with van der Waals surface area (Å²) in [7, 11) is 1.44. The van der Waals surface area contributed by atoms with E-state index < -0.39 is 0 Å². The zero-order valence-electron chi connectivity index (χ0n) is 10.1. The normalized spacial score (nSPS) is 11.8. The van der Waals surface area contributed by atoms with Crippen LogP contribution in [0.25, 0.3) is 6.08 Å². The molecule has 0 aliphatic rings. The Hall–Kier alpha value is -2.68. The van der Waals surface area contributed by atoms with Gasteiger partial charge in [0.25, 0.3) is 0 Å². The number of ether oxygens (including phenoxy) is 1. The number of aromatic nitrogens is 2. The van der Waals surface area contributed by atoms with E-state index in [0.29, 0.717) is 0 Å². The summed E-state index contributed by atoms with van der Waals surface area (Å²) in [5, 5.41) is 13.0. The Morgan fingerprint density at radius 3 is 3.00 bits per heavy atom. The Kier molecular flexibility index (Phi) is 5.06. The van der Waals surface area contributed by atoms with Gasteiger partial charge in [0.05, 0.1) is 13.3 Å². The van der Waals surface area contributed by atoms with Crippen LogP contribution in [0.15, 0.2) is 40.7 Å². The van der Waals surface area contributed by atoms with E-state index >= 15 is 0 Å². The predicted octanol–water partition coefficient (Wildman–Crippen LogP) is 1.64. The maximum atomic E-state index is 8.90. The van der Waals surface area contributed by atoms with Crippen molar-refractivity contribution in [1.82, 2.24) is 9.78 Å². The Morgan fingerprint density at radius 1 is 1.72 bits per heavy atom. The van der Waals surface area contributed by atoms with Gasteiger partial charge in [0.15, 0.2) is 0 Å². The summed E-state index contributed by atoms with van der Waals surface area (Å²) in [4.78, 5) is 7.65. The average molecular weight is 243 g/mol. The van der Waals surface area contributed by atoms with Crippen LogP contribution in [-0.2, 0) is 11.4 Å². The SMILES string of the molecule is C=Cc1cnn(C/N=C(OC)\C(C#N)=C/N=C)c1. The van der Waals surface area contributed by atoms with Crippen molar-refractivity contribution >= 4 is 18.7 Å². The van der Waals surface area contributed by atoms with Crippen LogP contribution in [-0.4, -0.2) is 29.5 Å². The van der Waals surface area contributed by atoms with Gasteiger partial charge in [-0.2, -0.15) is 10.4 Å². The van der Waals surface area contributed by atoms with Crippen LogP contribution >= 0.6 is 0 Å². The third kappa shape index (κ3) is 3.42. The van der Waals surface area contributed by atoms with Crippen LogP contribution in [0.5, 0.6) is 0 Å². The topological polar surface area (TPSA) is 75.6 Å². The van der Waals surface area contributed by atoms with Crippen LogP contribution in [0.2, 0.25) is 0 Å². The Balaban J connectivity index is 2.86. The molecule has 18 heavy (non-hydrogen) atoms. The number of hydrogen-bond acceptors (Lipinski definition) is 5.